The first-order chi connectivity index (χ1) is 13.3. The Hall–Kier alpha value is -3.13. The van der Waals surface area contributed by atoms with Gasteiger partial charge in [0.25, 0.3) is 5.91 Å². The summed E-state index contributed by atoms with van der Waals surface area (Å²) >= 11 is 5.20. The lowest BCUT2D eigenvalue weighted by molar-refractivity contribution is -0.118. The molecule has 0 spiro atoms. The molecule has 0 saturated carbocycles. The molecule has 2 rings (SSSR count). The Morgan fingerprint density at radius 1 is 0.964 bits per heavy atom. The molecule has 0 heterocycles. The number of carbonyl (C=O) groups is 2. The summed E-state index contributed by atoms with van der Waals surface area (Å²) < 4.78 is 10.4. The Bertz CT molecular complexity index is 866. The minimum absolute atomic E-state index is 0.110. The van der Waals surface area contributed by atoms with Crippen molar-refractivity contribution in [2.24, 2.45) is 5.92 Å². The highest BCUT2D eigenvalue weighted by molar-refractivity contribution is 7.80. The number of anilines is 2. The summed E-state index contributed by atoms with van der Waals surface area (Å²) in [6.45, 7) is 3.61. The smallest absolute Gasteiger partial charge is 0.257 e. The topological polar surface area (TPSA) is 88.7 Å². The van der Waals surface area contributed by atoms with E-state index in [4.69, 9.17) is 21.7 Å². The zero-order chi connectivity index (χ0) is 20.7. The van der Waals surface area contributed by atoms with Gasteiger partial charge in [-0.05, 0) is 48.6 Å². The van der Waals surface area contributed by atoms with Gasteiger partial charge in [-0.1, -0.05) is 13.8 Å². The number of benzene rings is 2. The number of hydrogen-bond acceptors (Lipinski definition) is 5. The fraction of sp³-hybridized carbons (Fsp3) is 0.250. The van der Waals surface area contributed by atoms with Gasteiger partial charge in [0.15, 0.2) is 5.11 Å². The van der Waals surface area contributed by atoms with Crippen molar-refractivity contribution in [2.75, 3.05) is 24.9 Å². The summed E-state index contributed by atoms with van der Waals surface area (Å²) in [4.78, 5) is 24.1. The van der Waals surface area contributed by atoms with E-state index in [9.17, 15) is 9.59 Å². The Morgan fingerprint density at radius 3 is 2.21 bits per heavy atom. The number of methoxy groups -OCH3 is 2. The van der Waals surface area contributed by atoms with Crippen LogP contribution >= 0.6 is 12.2 Å². The van der Waals surface area contributed by atoms with E-state index in [-0.39, 0.29) is 22.8 Å². The largest absolute Gasteiger partial charge is 0.497 e. The quantitative estimate of drug-likeness (QED) is 0.643. The third kappa shape index (κ3) is 5.68. The third-order valence-electron chi connectivity index (χ3n) is 3.82. The highest BCUT2D eigenvalue weighted by atomic mass is 32.1. The predicted octanol–water partition coefficient (Wildman–Crippen LogP) is 3.43. The van der Waals surface area contributed by atoms with Crippen molar-refractivity contribution in [1.82, 2.24) is 5.32 Å². The van der Waals surface area contributed by atoms with Gasteiger partial charge in [0.2, 0.25) is 5.91 Å². The zero-order valence-electron chi connectivity index (χ0n) is 16.2. The van der Waals surface area contributed by atoms with Gasteiger partial charge >= 0.3 is 0 Å². The number of rotatable bonds is 6. The lowest BCUT2D eigenvalue weighted by Gasteiger charge is -2.15. The Kier molecular flexibility index (Phi) is 7.34. The van der Waals surface area contributed by atoms with Crippen molar-refractivity contribution in [3.05, 3.63) is 48.0 Å². The van der Waals surface area contributed by atoms with Crippen LogP contribution in [-0.4, -0.2) is 31.1 Å². The molecule has 0 aromatic heterocycles. The molecule has 0 aliphatic heterocycles. The molecule has 2 amide bonds. The first kappa shape index (κ1) is 21.2. The molecule has 0 saturated heterocycles. The van der Waals surface area contributed by atoms with Crippen LogP contribution in [0, 0.1) is 5.92 Å². The molecule has 148 valence electrons. The van der Waals surface area contributed by atoms with Crippen LogP contribution in [-0.2, 0) is 4.79 Å². The summed E-state index contributed by atoms with van der Waals surface area (Å²) in [5.74, 6) is 0.537. The van der Waals surface area contributed by atoms with Crippen LogP contribution in [0.1, 0.15) is 24.2 Å². The monoisotopic (exact) mass is 401 g/mol. The number of nitrogens with one attached hydrogen (secondary N) is 3. The van der Waals surface area contributed by atoms with E-state index >= 15 is 0 Å². The Balaban J connectivity index is 2.02. The van der Waals surface area contributed by atoms with Gasteiger partial charge in [-0.3, -0.25) is 14.9 Å². The number of ether oxygens (including phenoxy) is 2. The Morgan fingerprint density at radius 2 is 1.64 bits per heavy atom. The first-order valence-corrected chi connectivity index (χ1v) is 9.00. The number of hydrogen-bond donors (Lipinski definition) is 3. The van der Waals surface area contributed by atoms with Gasteiger partial charge in [-0.2, -0.15) is 0 Å². The molecular formula is C20H23N3O4S. The van der Waals surface area contributed by atoms with E-state index in [1.165, 1.54) is 7.11 Å². The van der Waals surface area contributed by atoms with Crippen molar-refractivity contribution in [2.45, 2.75) is 13.8 Å². The van der Waals surface area contributed by atoms with Crippen LogP contribution in [0.2, 0.25) is 0 Å². The molecule has 28 heavy (non-hydrogen) atoms. The molecule has 3 N–H and O–H groups in total. The van der Waals surface area contributed by atoms with Crippen molar-refractivity contribution in [3.63, 3.8) is 0 Å². The molecule has 8 heteroatoms. The van der Waals surface area contributed by atoms with E-state index in [0.717, 1.165) is 0 Å². The average Bonchev–Trinajstić information content (AvgIpc) is 2.68. The van der Waals surface area contributed by atoms with Crippen molar-refractivity contribution in [3.8, 4) is 11.5 Å². The minimum atomic E-state index is -0.340. The molecule has 0 atom stereocenters. The number of thiocarbonyl (C=S) groups is 1. The van der Waals surface area contributed by atoms with E-state index in [1.807, 2.05) is 13.8 Å². The van der Waals surface area contributed by atoms with Gasteiger partial charge in [0.05, 0.1) is 19.9 Å². The van der Waals surface area contributed by atoms with Gasteiger partial charge in [0, 0.05) is 23.2 Å². The molecule has 0 unspecified atom stereocenters. The zero-order valence-corrected chi connectivity index (χ0v) is 17.0. The van der Waals surface area contributed by atoms with Gasteiger partial charge in [-0.15, -0.1) is 0 Å². The lowest BCUT2D eigenvalue weighted by Crippen LogP contribution is -2.34. The lowest BCUT2D eigenvalue weighted by atomic mass is 10.2. The molecule has 0 bridgehead atoms. The normalized spacial score (nSPS) is 10.2. The number of carbonyl (C=O) groups excluding carboxylic acids is 2. The van der Waals surface area contributed by atoms with Gasteiger partial charge in [0.1, 0.15) is 11.5 Å². The second-order valence-corrected chi connectivity index (χ2v) is 6.60. The van der Waals surface area contributed by atoms with E-state index in [2.05, 4.69) is 16.0 Å². The summed E-state index contributed by atoms with van der Waals surface area (Å²) in [5.41, 5.74) is 1.62. The molecule has 0 fully saturated rings. The van der Waals surface area contributed by atoms with Crippen molar-refractivity contribution >= 4 is 40.5 Å². The summed E-state index contributed by atoms with van der Waals surface area (Å²) in [7, 11) is 3.07. The summed E-state index contributed by atoms with van der Waals surface area (Å²) in [6, 6.07) is 11.8. The maximum absolute atomic E-state index is 12.3. The standard InChI is InChI=1S/C20H23N3O4S/c1-12(2)18(24)22-16-10-7-14(11-17(16)27-4)21-20(28)23-19(25)13-5-8-15(26-3)9-6-13/h5-12H,1-4H3,(H,22,24)(H2,21,23,25,28). The fourth-order valence-electron chi connectivity index (χ4n) is 2.23. The maximum atomic E-state index is 12.3. The highest BCUT2D eigenvalue weighted by Crippen LogP contribution is 2.28. The Labute approximate surface area is 169 Å². The molecule has 2 aromatic rings. The van der Waals surface area contributed by atoms with E-state index in [1.54, 1.807) is 49.6 Å². The van der Waals surface area contributed by atoms with Gasteiger partial charge < -0.3 is 20.1 Å². The molecular weight excluding hydrogens is 378 g/mol. The van der Waals surface area contributed by atoms with Crippen LogP contribution in [0.25, 0.3) is 0 Å². The van der Waals surface area contributed by atoms with Crippen molar-refractivity contribution < 1.29 is 19.1 Å². The van der Waals surface area contributed by atoms with Gasteiger partial charge in [-0.25, -0.2) is 0 Å². The van der Waals surface area contributed by atoms with Crippen LogP contribution in [0.15, 0.2) is 42.5 Å². The highest BCUT2D eigenvalue weighted by Gasteiger charge is 2.13. The fourth-order valence-corrected chi connectivity index (χ4v) is 2.44. The molecule has 7 nitrogen and oxygen atoms in total. The first-order valence-electron chi connectivity index (χ1n) is 8.59. The second kappa shape index (κ2) is 9.70. The van der Waals surface area contributed by atoms with E-state index in [0.29, 0.717) is 28.4 Å². The number of amides is 2. The molecule has 0 aliphatic carbocycles. The van der Waals surface area contributed by atoms with Crippen LogP contribution in [0.4, 0.5) is 11.4 Å². The predicted molar refractivity (Wildman–Crippen MR) is 113 cm³/mol. The SMILES string of the molecule is COc1ccc(C(=O)NC(=S)Nc2ccc(NC(=O)C(C)C)c(OC)c2)cc1. The minimum Gasteiger partial charge on any atom is -0.497 e. The van der Waals surface area contributed by atoms with Crippen molar-refractivity contribution in [1.29, 1.82) is 0 Å². The molecule has 0 aliphatic rings. The summed E-state index contributed by atoms with van der Waals surface area (Å²) in [5, 5.41) is 8.48. The van der Waals surface area contributed by atoms with E-state index < -0.39 is 0 Å². The molecule has 0 radical (unpaired) electrons. The van der Waals surface area contributed by atoms with Crippen LogP contribution in [0.5, 0.6) is 11.5 Å². The molecule has 2 aromatic carbocycles. The average molecular weight is 401 g/mol. The maximum Gasteiger partial charge on any atom is 0.257 e. The second-order valence-electron chi connectivity index (χ2n) is 6.20. The third-order valence-corrected chi connectivity index (χ3v) is 4.03. The van der Waals surface area contributed by atoms with Crippen LogP contribution < -0.4 is 25.4 Å². The van der Waals surface area contributed by atoms with Crippen LogP contribution in [0.3, 0.4) is 0 Å². The summed E-state index contributed by atoms with van der Waals surface area (Å²) in [6.07, 6.45) is 0.